The van der Waals surface area contributed by atoms with Crippen LogP contribution in [0.1, 0.15) is 26.3 Å². The molecule has 2 fully saturated rings. The summed E-state index contributed by atoms with van der Waals surface area (Å²) in [7, 11) is 0. The number of carboxylic acid groups (broad SMARTS) is 2. The standard InChI is InChI=1S/C35H30O8/c1-4-16-9-10-19-20(13-16)30-18-8-6-5-7-17(18)29(19)42-33(40)23-21-11-14(2)27(25(23)31(36)37)35(21)22-12-15(3)28(35)26(32(38)39)24(22)34(41)43-30/h5-13,21-28H,4H2,1-3H3,(H,36,37)(H,38,39). The van der Waals surface area contributed by atoms with Crippen molar-refractivity contribution >= 4 is 45.4 Å². The highest BCUT2D eigenvalue weighted by Gasteiger charge is 2.80. The summed E-state index contributed by atoms with van der Waals surface area (Å²) in [5.41, 5.74) is 1.66. The Morgan fingerprint density at radius 2 is 1.21 bits per heavy atom. The largest absolute Gasteiger partial charge is 0.481 e. The molecule has 8 nitrogen and oxygen atoms in total. The van der Waals surface area contributed by atoms with Gasteiger partial charge in [-0.15, -0.1) is 0 Å². The minimum Gasteiger partial charge on any atom is -0.481 e. The minimum atomic E-state index is -1.12. The van der Waals surface area contributed by atoms with E-state index in [1.165, 1.54) is 0 Å². The van der Waals surface area contributed by atoms with Crippen LogP contribution < -0.4 is 9.47 Å². The third kappa shape index (κ3) is 3.01. The normalized spacial score (nSPS) is 35.2. The van der Waals surface area contributed by atoms with Gasteiger partial charge in [-0.2, -0.15) is 0 Å². The molecule has 3 aromatic rings. The van der Waals surface area contributed by atoms with E-state index in [0.717, 1.165) is 16.7 Å². The summed E-state index contributed by atoms with van der Waals surface area (Å²) >= 11 is 0. The van der Waals surface area contributed by atoms with Crippen LogP contribution in [0.15, 0.2) is 65.8 Å². The Morgan fingerprint density at radius 3 is 1.67 bits per heavy atom. The molecule has 0 saturated heterocycles. The van der Waals surface area contributed by atoms with Crippen LogP contribution >= 0.6 is 0 Å². The zero-order chi connectivity index (χ0) is 30.1. The number of allylic oxidation sites excluding steroid dienone is 4. The lowest BCUT2D eigenvalue weighted by molar-refractivity contribution is -0.152. The van der Waals surface area contributed by atoms with Gasteiger partial charge in [0.15, 0.2) is 0 Å². The van der Waals surface area contributed by atoms with E-state index in [1.807, 2.05) is 51.1 Å². The van der Waals surface area contributed by atoms with Gasteiger partial charge in [0.25, 0.3) is 0 Å². The number of ether oxygens (including phenoxy) is 2. The van der Waals surface area contributed by atoms with Crippen LogP contribution in [0.4, 0.5) is 0 Å². The van der Waals surface area contributed by atoms with Gasteiger partial charge in [0.05, 0.1) is 23.7 Å². The average molecular weight is 579 g/mol. The molecule has 3 aromatic carbocycles. The van der Waals surface area contributed by atoms with Crippen molar-refractivity contribution in [2.75, 3.05) is 0 Å². The first-order valence-corrected chi connectivity index (χ1v) is 14.8. The Labute approximate surface area is 247 Å². The van der Waals surface area contributed by atoms with Crippen molar-refractivity contribution in [3.63, 3.8) is 0 Å². The lowest BCUT2D eigenvalue weighted by atomic mass is 9.63. The molecule has 2 aliphatic heterocycles. The molecule has 9 atom stereocenters. The summed E-state index contributed by atoms with van der Waals surface area (Å²) in [4.78, 5) is 54.9. The maximum Gasteiger partial charge on any atom is 0.315 e. The highest BCUT2D eigenvalue weighted by atomic mass is 16.5. The number of hydrogen-bond donors (Lipinski definition) is 2. The Balaban J connectivity index is 1.47. The number of carboxylic acids is 2. The Bertz CT molecular complexity index is 1900. The number of aryl methyl sites for hydroxylation is 1. The Morgan fingerprint density at radius 1 is 0.744 bits per heavy atom. The first-order chi connectivity index (χ1) is 20.6. The fourth-order valence-corrected chi connectivity index (χ4v) is 10.1. The van der Waals surface area contributed by atoms with Gasteiger partial charge in [0.2, 0.25) is 0 Å². The highest BCUT2D eigenvalue weighted by molar-refractivity contribution is 6.13. The Kier molecular flexibility index (Phi) is 5.21. The van der Waals surface area contributed by atoms with Gasteiger partial charge in [-0.3, -0.25) is 19.2 Å². The van der Waals surface area contributed by atoms with Crippen LogP contribution in [0.2, 0.25) is 0 Å². The molecule has 218 valence electrons. The summed E-state index contributed by atoms with van der Waals surface area (Å²) in [6.45, 7) is 5.72. The van der Waals surface area contributed by atoms with Crippen LogP contribution in [0.3, 0.4) is 0 Å². The quantitative estimate of drug-likeness (QED) is 0.183. The van der Waals surface area contributed by atoms with E-state index in [9.17, 15) is 29.4 Å². The van der Waals surface area contributed by atoms with Crippen molar-refractivity contribution in [1.29, 1.82) is 0 Å². The molecule has 6 aliphatic rings. The monoisotopic (exact) mass is 578 g/mol. The molecule has 0 radical (unpaired) electrons. The number of benzene rings is 3. The van der Waals surface area contributed by atoms with Crippen molar-refractivity contribution < 1.29 is 38.9 Å². The number of hydrogen-bond acceptors (Lipinski definition) is 6. The molecular formula is C35H30O8. The lowest BCUT2D eigenvalue weighted by Gasteiger charge is -2.38. The topological polar surface area (TPSA) is 127 Å². The van der Waals surface area contributed by atoms with Crippen LogP contribution in [-0.2, 0) is 25.6 Å². The molecule has 0 aromatic heterocycles. The van der Waals surface area contributed by atoms with Gasteiger partial charge < -0.3 is 19.7 Å². The SMILES string of the molecule is CCc1ccc2c3c4ccccc4c(c2c1)OC(=O)C1C(C(=O)O)C2C(C)=CC1C21C2C=C(C)C1C(C(=O)O)C2C(=O)O3. The zero-order valence-corrected chi connectivity index (χ0v) is 23.9. The van der Waals surface area contributed by atoms with Gasteiger partial charge in [-0.1, -0.05) is 66.6 Å². The third-order valence-electron chi connectivity index (χ3n) is 11.3. The second-order valence-corrected chi connectivity index (χ2v) is 12.9. The zero-order valence-electron chi connectivity index (χ0n) is 23.9. The van der Waals surface area contributed by atoms with E-state index in [1.54, 1.807) is 24.3 Å². The molecule has 4 aliphatic carbocycles. The van der Waals surface area contributed by atoms with E-state index in [4.69, 9.17) is 9.47 Å². The van der Waals surface area contributed by atoms with Crippen LogP contribution in [0.5, 0.6) is 11.5 Å². The van der Waals surface area contributed by atoms with E-state index in [-0.39, 0.29) is 0 Å². The lowest BCUT2D eigenvalue weighted by Crippen LogP contribution is -2.39. The maximum absolute atomic E-state index is 14.4. The minimum absolute atomic E-state index is 0.296. The van der Waals surface area contributed by atoms with E-state index >= 15 is 0 Å². The average Bonchev–Trinajstić information content (AvgIpc) is 3.64. The van der Waals surface area contributed by atoms with Gasteiger partial charge >= 0.3 is 23.9 Å². The maximum atomic E-state index is 14.4. The van der Waals surface area contributed by atoms with Crippen molar-refractivity contribution in [2.45, 2.75) is 27.2 Å². The smallest absolute Gasteiger partial charge is 0.315 e. The molecule has 0 amide bonds. The predicted molar refractivity (Wildman–Crippen MR) is 155 cm³/mol. The number of carbonyl (C=O) groups excluding carboxylic acids is 2. The van der Waals surface area contributed by atoms with Crippen LogP contribution in [0.25, 0.3) is 21.5 Å². The van der Waals surface area contributed by atoms with E-state index in [0.29, 0.717) is 39.5 Å². The molecule has 9 rings (SSSR count). The molecule has 2 heterocycles. The fraction of sp³-hybridized carbons (Fsp3) is 0.371. The van der Waals surface area contributed by atoms with E-state index in [2.05, 4.69) is 0 Å². The van der Waals surface area contributed by atoms with Crippen molar-refractivity contribution in [3.8, 4) is 11.5 Å². The fourth-order valence-electron chi connectivity index (χ4n) is 10.1. The third-order valence-corrected chi connectivity index (χ3v) is 11.3. The van der Waals surface area contributed by atoms with Crippen molar-refractivity contribution in [1.82, 2.24) is 0 Å². The number of carbonyl (C=O) groups is 4. The number of aliphatic carboxylic acids is 2. The summed E-state index contributed by atoms with van der Waals surface area (Å²) in [6.07, 6.45) is 4.60. The molecule has 43 heavy (non-hydrogen) atoms. The first-order valence-electron chi connectivity index (χ1n) is 14.8. The van der Waals surface area contributed by atoms with Crippen LogP contribution in [0, 0.1) is 52.8 Å². The molecule has 2 saturated carbocycles. The van der Waals surface area contributed by atoms with Gasteiger partial charge in [-0.25, -0.2) is 0 Å². The summed E-state index contributed by atoms with van der Waals surface area (Å²) in [6, 6.07) is 12.8. The summed E-state index contributed by atoms with van der Waals surface area (Å²) in [5, 5.41) is 23.5. The second-order valence-electron chi connectivity index (χ2n) is 12.9. The van der Waals surface area contributed by atoms with Gasteiger partial charge in [-0.05, 0) is 49.1 Å². The second kappa shape index (κ2) is 8.56. The first kappa shape index (κ1) is 26.2. The molecule has 1 spiro atoms. The van der Waals surface area contributed by atoms with Crippen molar-refractivity contribution in [2.24, 2.45) is 52.8 Å². The van der Waals surface area contributed by atoms with Crippen molar-refractivity contribution in [3.05, 3.63) is 71.3 Å². The number of esters is 2. The van der Waals surface area contributed by atoms with Gasteiger partial charge in [0.1, 0.15) is 11.5 Å². The Hall–Kier alpha value is -4.46. The molecule has 9 unspecified atom stereocenters. The van der Waals surface area contributed by atoms with E-state index < -0.39 is 76.6 Å². The number of rotatable bonds is 3. The predicted octanol–water partition coefficient (Wildman–Crippen LogP) is 5.41. The summed E-state index contributed by atoms with van der Waals surface area (Å²) < 4.78 is 12.6. The van der Waals surface area contributed by atoms with Crippen LogP contribution in [-0.4, -0.2) is 34.1 Å². The molecular weight excluding hydrogens is 548 g/mol. The highest BCUT2D eigenvalue weighted by Crippen LogP contribution is 2.78. The number of fused-ring (bicyclic) bond motifs is 2. The molecule has 2 N–H and O–H groups in total. The summed E-state index contributed by atoms with van der Waals surface area (Å²) in [5.74, 6) is -9.78. The molecule has 9 bridgehead atoms. The molecule has 8 heteroatoms. The van der Waals surface area contributed by atoms with Gasteiger partial charge in [0, 0.05) is 33.4 Å².